The van der Waals surface area contributed by atoms with E-state index in [0.717, 1.165) is 0 Å². The van der Waals surface area contributed by atoms with E-state index in [1.54, 1.807) is 6.07 Å². The molecule has 0 aromatic heterocycles. The molecule has 0 saturated carbocycles. The van der Waals surface area contributed by atoms with Crippen LogP contribution in [0.2, 0.25) is 0 Å². The second kappa shape index (κ2) is 6.16. The van der Waals surface area contributed by atoms with Crippen molar-refractivity contribution in [1.29, 1.82) is 0 Å². The Kier molecular flexibility index (Phi) is 5.11. The maximum Gasteiger partial charge on any atom is 0.132 e. The van der Waals surface area contributed by atoms with Crippen LogP contribution >= 0.6 is 0 Å². The molecule has 18 heavy (non-hydrogen) atoms. The summed E-state index contributed by atoms with van der Waals surface area (Å²) in [6.45, 7) is 5.40. The molecule has 0 aliphatic carbocycles. The standard InChI is InChI=1S/C14H21FO3/c1-4-14(17,5-2)9-18-11-6-7-12(10(3)16)13(15)8-11/h6-8,10,16-17H,4-5,9H2,1-3H3. The molecular formula is C14H21FO3. The van der Waals surface area contributed by atoms with Crippen LogP contribution in [0.1, 0.15) is 45.3 Å². The van der Waals surface area contributed by atoms with Crippen molar-refractivity contribution < 1.29 is 19.3 Å². The molecule has 1 aromatic carbocycles. The fourth-order valence-electron chi connectivity index (χ4n) is 1.61. The van der Waals surface area contributed by atoms with E-state index in [1.165, 1.54) is 19.1 Å². The highest BCUT2D eigenvalue weighted by molar-refractivity contribution is 5.30. The summed E-state index contributed by atoms with van der Waals surface area (Å²) in [5.41, 5.74) is -0.636. The first-order valence-electron chi connectivity index (χ1n) is 6.24. The highest BCUT2D eigenvalue weighted by Crippen LogP contribution is 2.23. The van der Waals surface area contributed by atoms with E-state index >= 15 is 0 Å². The van der Waals surface area contributed by atoms with Crippen molar-refractivity contribution in [3.8, 4) is 5.75 Å². The van der Waals surface area contributed by atoms with E-state index in [4.69, 9.17) is 4.74 Å². The van der Waals surface area contributed by atoms with Crippen LogP contribution < -0.4 is 4.74 Å². The third-order valence-corrected chi connectivity index (χ3v) is 3.25. The van der Waals surface area contributed by atoms with Crippen LogP contribution in [-0.4, -0.2) is 22.4 Å². The Morgan fingerprint density at radius 1 is 1.33 bits per heavy atom. The number of rotatable bonds is 6. The highest BCUT2D eigenvalue weighted by Gasteiger charge is 2.23. The zero-order valence-electron chi connectivity index (χ0n) is 11.1. The number of hydrogen-bond acceptors (Lipinski definition) is 3. The second-order valence-corrected chi connectivity index (χ2v) is 4.58. The van der Waals surface area contributed by atoms with Gasteiger partial charge in [0.05, 0.1) is 11.7 Å². The summed E-state index contributed by atoms with van der Waals surface area (Å²) in [5.74, 6) is -0.142. The first kappa shape index (κ1) is 14.9. The van der Waals surface area contributed by atoms with Crippen molar-refractivity contribution in [3.63, 3.8) is 0 Å². The zero-order chi connectivity index (χ0) is 13.8. The molecule has 1 atom stereocenters. The lowest BCUT2D eigenvalue weighted by Crippen LogP contribution is -2.34. The smallest absolute Gasteiger partial charge is 0.132 e. The summed E-state index contributed by atoms with van der Waals surface area (Å²) < 4.78 is 19.0. The fourth-order valence-corrected chi connectivity index (χ4v) is 1.61. The predicted molar refractivity (Wildman–Crippen MR) is 68.1 cm³/mol. The molecule has 2 N–H and O–H groups in total. The van der Waals surface area contributed by atoms with E-state index in [0.29, 0.717) is 18.6 Å². The fraction of sp³-hybridized carbons (Fsp3) is 0.571. The Labute approximate surface area is 107 Å². The van der Waals surface area contributed by atoms with Gasteiger partial charge in [0, 0.05) is 11.6 Å². The zero-order valence-corrected chi connectivity index (χ0v) is 11.1. The SMILES string of the molecule is CCC(O)(CC)COc1ccc(C(C)O)c(F)c1. The minimum atomic E-state index is -0.876. The summed E-state index contributed by atoms with van der Waals surface area (Å²) in [6, 6.07) is 4.32. The van der Waals surface area contributed by atoms with Gasteiger partial charge in [-0.15, -0.1) is 0 Å². The van der Waals surface area contributed by atoms with Crippen LogP contribution in [0.4, 0.5) is 4.39 Å². The van der Waals surface area contributed by atoms with Crippen molar-refractivity contribution >= 4 is 0 Å². The molecule has 0 amide bonds. The van der Waals surface area contributed by atoms with Gasteiger partial charge in [-0.25, -0.2) is 4.39 Å². The molecule has 0 aliphatic rings. The lowest BCUT2D eigenvalue weighted by atomic mass is 9.99. The summed E-state index contributed by atoms with van der Waals surface area (Å²) in [7, 11) is 0. The van der Waals surface area contributed by atoms with Crippen LogP contribution in [0.15, 0.2) is 18.2 Å². The molecule has 0 bridgehead atoms. The van der Waals surface area contributed by atoms with Crippen LogP contribution in [0.3, 0.4) is 0 Å². The largest absolute Gasteiger partial charge is 0.490 e. The first-order valence-corrected chi connectivity index (χ1v) is 6.24. The number of aliphatic hydroxyl groups is 2. The van der Waals surface area contributed by atoms with Gasteiger partial charge in [0.15, 0.2) is 0 Å². The van der Waals surface area contributed by atoms with Gasteiger partial charge in [-0.2, -0.15) is 0 Å². The van der Waals surface area contributed by atoms with Crippen molar-refractivity contribution in [3.05, 3.63) is 29.6 Å². The average molecular weight is 256 g/mol. The number of aliphatic hydroxyl groups excluding tert-OH is 1. The molecule has 1 unspecified atom stereocenters. The van der Waals surface area contributed by atoms with E-state index in [1.807, 2.05) is 13.8 Å². The van der Waals surface area contributed by atoms with Gasteiger partial charge in [-0.3, -0.25) is 0 Å². The van der Waals surface area contributed by atoms with Crippen molar-refractivity contribution in [2.24, 2.45) is 0 Å². The van der Waals surface area contributed by atoms with Crippen LogP contribution in [0.25, 0.3) is 0 Å². The Morgan fingerprint density at radius 2 is 1.94 bits per heavy atom. The number of benzene rings is 1. The summed E-state index contributed by atoms with van der Waals surface area (Å²) in [6.07, 6.45) is 0.317. The molecule has 102 valence electrons. The van der Waals surface area contributed by atoms with Gasteiger partial charge in [0.25, 0.3) is 0 Å². The van der Waals surface area contributed by atoms with Crippen LogP contribution in [0.5, 0.6) is 5.75 Å². The van der Waals surface area contributed by atoms with Gasteiger partial charge < -0.3 is 14.9 Å². The third kappa shape index (κ3) is 3.68. The minimum absolute atomic E-state index is 0.132. The molecule has 0 saturated heterocycles. The maximum atomic E-state index is 13.6. The minimum Gasteiger partial charge on any atom is -0.490 e. The topological polar surface area (TPSA) is 49.7 Å². The second-order valence-electron chi connectivity index (χ2n) is 4.58. The molecular weight excluding hydrogens is 235 g/mol. The lowest BCUT2D eigenvalue weighted by Gasteiger charge is -2.25. The van der Waals surface area contributed by atoms with Gasteiger partial charge >= 0.3 is 0 Å². The van der Waals surface area contributed by atoms with Crippen molar-refractivity contribution in [1.82, 2.24) is 0 Å². The van der Waals surface area contributed by atoms with Gasteiger partial charge in [-0.05, 0) is 31.9 Å². The molecule has 1 aromatic rings. The summed E-state index contributed by atoms with van der Waals surface area (Å²) >= 11 is 0. The Balaban J connectivity index is 2.72. The first-order chi connectivity index (χ1) is 8.41. The Bertz CT molecular complexity index is 387. The number of hydrogen-bond donors (Lipinski definition) is 2. The Morgan fingerprint density at radius 3 is 2.39 bits per heavy atom. The van der Waals surface area contributed by atoms with Crippen molar-refractivity contribution in [2.75, 3.05) is 6.61 Å². The number of halogens is 1. The average Bonchev–Trinajstić information content (AvgIpc) is 2.35. The third-order valence-electron chi connectivity index (χ3n) is 3.25. The highest BCUT2D eigenvalue weighted by atomic mass is 19.1. The molecule has 0 fully saturated rings. The lowest BCUT2D eigenvalue weighted by molar-refractivity contribution is -0.0114. The molecule has 0 radical (unpaired) electrons. The number of ether oxygens (including phenoxy) is 1. The van der Waals surface area contributed by atoms with Crippen LogP contribution in [-0.2, 0) is 0 Å². The van der Waals surface area contributed by atoms with Gasteiger partial charge in [-0.1, -0.05) is 13.8 Å². The maximum absolute atomic E-state index is 13.6. The van der Waals surface area contributed by atoms with E-state index in [9.17, 15) is 14.6 Å². The molecule has 0 heterocycles. The van der Waals surface area contributed by atoms with E-state index in [-0.39, 0.29) is 12.2 Å². The molecule has 0 spiro atoms. The van der Waals surface area contributed by atoms with Crippen molar-refractivity contribution in [2.45, 2.75) is 45.3 Å². The van der Waals surface area contributed by atoms with Crippen LogP contribution in [0, 0.1) is 5.82 Å². The van der Waals surface area contributed by atoms with E-state index < -0.39 is 17.5 Å². The van der Waals surface area contributed by atoms with Gasteiger partial charge in [0.1, 0.15) is 18.2 Å². The molecule has 1 rings (SSSR count). The predicted octanol–water partition coefficient (Wildman–Crippen LogP) is 2.81. The quantitative estimate of drug-likeness (QED) is 0.822. The summed E-state index contributed by atoms with van der Waals surface area (Å²) in [5, 5.41) is 19.4. The normalized spacial score (nSPS) is 13.4. The summed E-state index contributed by atoms with van der Waals surface area (Å²) in [4.78, 5) is 0. The monoisotopic (exact) mass is 256 g/mol. The van der Waals surface area contributed by atoms with E-state index in [2.05, 4.69) is 0 Å². The molecule has 3 nitrogen and oxygen atoms in total. The molecule has 4 heteroatoms. The Hall–Kier alpha value is -1.13. The van der Waals surface area contributed by atoms with Gasteiger partial charge in [0.2, 0.25) is 0 Å². The molecule has 0 aliphatic heterocycles.